The monoisotopic (exact) mass is 250 g/mol. The average Bonchev–Trinajstić information content (AvgIpc) is 2.28. The van der Waals surface area contributed by atoms with Gasteiger partial charge in [0.2, 0.25) is 0 Å². The van der Waals surface area contributed by atoms with Crippen LogP contribution in [0.25, 0.3) is 0 Å². The molecule has 1 aromatic rings. The van der Waals surface area contributed by atoms with Gasteiger partial charge < -0.3 is 10.4 Å². The Labute approximate surface area is 108 Å². The van der Waals surface area contributed by atoms with Crippen molar-refractivity contribution in [2.45, 2.75) is 46.1 Å². The third-order valence-electron chi connectivity index (χ3n) is 2.78. The van der Waals surface area contributed by atoms with Crippen molar-refractivity contribution in [1.29, 1.82) is 0 Å². The van der Waals surface area contributed by atoms with Gasteiger partial charge in [0.15, 0.2) is 0 Å². The predicted octanol–water partition coefficient (Wildman–Crippen LogP) is 2.73. The van der Waals surface area contributed by atoms with Crippen molar-refractivity contribution in [2.75, 3.05) is 0 Å². The average molecular weight is 250 g/mol. The predicted molar refractivity (Wildman–Crippen MR) is 71.5 cm³/mol. The summed E-state index contributed by atoms with van der Waals surface area (Å²) in [5, 5.41) is 12.2. The van der Waals surface area contributed by atoms with Gasteiger partial charge in [0, 0.05) is 12.2 Å². The van der Waals surface area contributed by atoms with Gasteiger partial charge in [-0.15, -0.1) is 0 Å². The molecule has 0 spiro atoms. The van der Waals surface area contributed by atoms with Crippen molar-refractivity contribution in [3.63, 3.8) is 0 Å². The van der Waals surface area contributed by atoms with Crippen LogP contribution in [0, 0.1) is 5.92 Å². The van der Waals surface area contributed by atoms with Crippen LogP contribution in [-0.4, -0.2) is 22.0 Å². The van der Waals surface area contributed by atoms with Crippen LogP contribution in [0.2, 0.25) is 0 Å². The summed E-state index contributed by atoms with van der Waals surface area (Å²) in [7, 11) is 0. The lowest BCUT2D eigenvalue weighted by molar-refractivity contribution is 0.0937. The summed E-state index contributed by atoms with van der Waals surface area (Å²) in [6.07, 6.45) is 6.01. The largest absolute Gasteiger partial charge is 0.506 e. The van der Waals surface area contributed by atoms with Crippen LogP contribution < -0.4 is 5.32 Å². The lowest BCUT2D eigenvalue weighted by atomic mass is 10.0. The molecule has 0 saturated carbocycles. The number of carbonyl (C=O) groups excluding carboxylic acids is 1. The van der Waals surface area contributed by atoms with Crippen LogP contribution in [0.15, 0.2) is 18.5 Å². The van der Waals surface area contributed by atoms with E-state index in [0.717, 1.165) is 12.8 Å². The number of carbonyl (C=O) groups is 1. The number of rotatable bonds is 6. The van der Waals surface area contributed by atoms with Crippen molar-refractivity contribution >= 4 is 5.91 Å². The van der Waals surface area contributed by atoms with E-state index < -0.39 is 0 Å². The molecule has 1 rings (SSSR count). The highest BCUT2D eigenvalue weighted by Gasteiger charge is 2.10. The molecule has 100 valence electrons. The van der Waals surface area contributed by atoms with Crippen LogP contribution in [0.4, 0.5) is 0 Å². The fourth-order valence-electron chi connectivity index (χ4n) is 1.76. The highest BCUT2D eigenvalue weighted by molar-refractivity contribution is 5.94. The molecule has 0 radical (unpaired) electrons. The smallest absolute Gasteiger partial charge is 0.253 e. The number of pyridine rings is 1. The molecular weight excluding hydrogens is 228 g/mol. The van der Waals surface area contributed by atoms with Gasteiger partial charge in [0.25, 0.3) is 5.91 Å². The molecule has 18 heavy (non-hydrogen) atoms. The highest BCUT2D eigenvalue weighted by Crippen LogP contribution is 2.10. The molecule has 1 amide bonds. The van der Waals surface area contributed by atoms with Gasteiger partial charge in [-0.25, -0.2) is 0 Å². The van der Waals surface area contributed by atoms with Gasteiger partial charge in [-0.05, 0) is 25.3 Å². The molecule has 0 aromatic carbocycles. The fourth-order valence-corrected chi connectivity index (χ4v) is 1.76. The second-order valence-corrected chi connectivity index (χ2v) is 5.13. The van der Waals surface area contributed by atoms with E-state index in [4.69, 9.17) is 0 Å². The molecule has 0 saturated heterocycles. The third-order valence-corrected chi connectivity index (χ3v) is 2.78. The Morgan fingerprint density at radius 3 is 2.67 bits per heavy atom. The van der Waals surface area contributed by atoms with Gasteiger partial charge in [-0.1, -0.05) is 26.7 Å². The molecule has 2 N–H and O–H groups in total. The highest BCUT2D eigenvalue weighted by atomic mass is 16.3. The van der Waals surface area contributed by atoms with Crippen molar-refractivity contribution in [2.24, 2.45) is 5.92 Å². The Morgan fingerprint density at radius 2 is 2.06 bits per heavy atom. The molecule has 1 heterocycles. The first-order chi connectivity index (χ1) is 8.49. The second kappa shape index (κ2) is 6.99. The minimum absolute atomic E-state index is 0.00936. The van der Waals surface area contributed by atoms with E-state index in [2.05, 4.69) is 24.1 Å². The quantitative estimate of drug-likeness (QED) is 0.816. The zero-order valence-corrected chi connectivity index (χ0v) is 11.3. The Hall–Kier alpha value is -1.58. The van der Waals surface area contributed by atoms with E-state index >= 15 is 0 Å². The van der Waals surface area contributed by atoms with Crippen molar-refractivity contribution in [1.82, 2.24) is 10.3 Å². The van der Waals surface area contributed by atoms with E-state index in [0.29, 0.717) is 11.5 Å². The molecular formula is C14H22N2O2. The second-order valence-electron chi connectivity index (χ2n) is 5.13. The molecule has 1 aromatic heterocycles. The van der Waals surface area contributed by atoms with Crippen LogP contribution in [0.5, 0.6) is 5.75 Å². The maximum absolute atomic E-state index is 11.8. The molecule has 1 unspecified atom stereocenters. The summed E-state index contributed by atoms with van der Waals surface area (Å²) in [6.45, 7) is 6.39. The lowest BCUT2D eigenvalue weighted by Crippen LogP contribution is -2.32. The molecule has 4 nitrogen and oxygen atoms in total. The maximum atomic E-state index is 11.8. The molecule has 0 fully saturated rings. The zero-order chi connectivity index (χ0) is 13.5. The van der Waals surface area contributed by atoms with Crippen LogP contribution in [0.3, 0.4) is 0 Å². The normalized spacial score (nSPS) is 12.4. The number of hydrogen-bond acceptors (Lipinski definition) is 3. The third kappa shape index (κ3) is 5.17. The van der Waals surface area contributed by atoms with E-state index in [1.807, 2.05) is 6.92 Å². The SMILES string of the molecule is CC(C)CCCC(C)NC(=O)c1cncc(O)c1. The molecule has 1 atom stereocenters. The van der Waals surface area contributed by atoms with Gasteiger partial charge in [0.05, 0.1) is 11.8 Å². The van der Waals surface area contributed by atoms with Crippen LogP contribution in [0.1, 0.15) is 50.4 Å². The number of aromatic nitrogens is 1. The summed E-state index contributed by atoms with van der Waals surface area (Å²) < 4.78 is 0. The molecule has 4 heteroatoms. The summed E-state index contributed by atoms with van der Waals surface area (Å²) in [6, 6.07) is 1.56. The van der Waals surface area contributed by atoms with Crippen LogP contribution >= 0.6 is 0 Å². The Morgan fingerprint density at radius 1 is 1.33 bits per heavy atom. The lowest BCUT2D eigenvalue weighted by Gasteiger charge is -2.14. The number of aromatic hydroxyl groups is 1. The standard InChI is InChI=1S/C14H22N2O2/c1-10(2)5-4-6-11(3)16-14(18)12-7-13(17)9-15-8-12/h7-11,17H,4-6H2,1-3H3,(H,16,18). The van der Waals surface area contributed by atoms with Gasteiger partial charge in [-0.3, -0.25) is 9.78 Å². The molecule has 0 bridgehead atoms. The van der Waals surface area contributed by atoms with Crippen molar-refractivity contribution in [3.8, 4) is 5.75 Å². The number of amides is 1. The first-order valence-electron chi connectivity index (χ1n) is 6.44. The van der Waals surface area contributed by atoms with E-state index in [1.165, 1.54) is 24.9 Å². The van der Waals surface area contributed by atoms with Crippen molar-refractivity contribution in [3.05, 3.63) is 24.0 Å². The number of hydrogen-bond donors (Lipinski definition) is 2. The summed E-state index contributed by atoms with van der Waals surface area (Å²) in [5.41, 5.74) is 0.394. The van der Waals surface area contributed by atoms with E-state index in [1.54, 1.807) is 0 Å². The molecule has 0 aliphatic rings. The number of nitrogens with one attached hydrogen (secondary N) is 1. The van der Waals surface area contributed by atoms with E-state index in [9.17, 15) is 9.90 Å². The zero-order valence-electron chi connectivity index (χ0n) is 11.3. The van der Waals surface area contributed by atoms with Gasteiger partial charge in [-0.2, -0.15) is 0 Å². The Kier molecular flexibility index (Phi) is 5.62. The topological polar surface area (TPSA) is 62.2 Å². The maximum Gasteiger partial charge on any atom is 0.253 e. The van der Waals surface area contributed by atoms with Gasteiger partial charge >= 0.3 is 0 Å². The van der Waals surface area contributed by atoms with Crippen molar-refractivity contribution < 1.29 is 9.90 Å². The first kappa shape index (κ1) is 14.5. The molecule has 0 aliphatic heterocycles. The van der Waals surface area contributed by atoms with Crippen LogP contribution in [-0.2, 0) is 0 Å². The minimum atomic E-state index is -0.185. The Balaban J connectivity index is 2.40. The molecule has 0 aliphatic carbocycles. The fraction of sp³-hybridized carbons (Fsp3) is 0.571. The summed E-state index contributed by atoms with van der Waals surface area (Å²) in [5.74, 6) is 0.522. The first-order valence-corrected chi connectivity index (χ1v) is 6.44. The van der Waals surface area contributed by atoms with Gasteiger partial charge in [0.1, 0.15) is 5.75 Å². The number of nitrogens with zero attached hydrogens (tertiary/aromatic N) is 1. The summed E-state index contributed by atoms with van der Waals surface area (Å²) in [4.78, 5) is 15.6. The minimum Gasteiger partial charge on any atom is -0.506 e. The summed E-state index contributed by atoms with van der Waals surface area (Å²) >= 11 is 0. The Bertz CT molecular complexity index is 391. The van der Waals surface area contributed by atoms with E-state index in [-0.39, 0.29) is 17.7 Å².